The van der Waals surface area contributed by atoms with Crippen LogP contribution in [0.4, 0.5) is 10.1 Å². The summed E-state index contributed by atoms with van der Waals surface area (Å²) in [7, 11) is 3.59. The zero-order valence-corrected chi connectivity index (χ0v) is 24.3. The molecule has 0 radical (unpaired) electrons. The molecule has 1 saturated carbocycles. The lowest BCUT2D eigenvalue weighted by atomic mass is 9.86. The Kier molecular flexibility index (Phi) is 6.64. The van der Waals surface area contributed by atoms with E-state index in [2.05, 4.69) is 20.5 Å². The molecule has 10 nitrogen and oxygen atoms in total. The summed E-state index contributed by atoms with van der Waals surface area (Å²) in [6.07, 6.45) is 7.55. The van der Waals surface area contributed by atoms with Crippen LogP contribution in [0, 0.1) is 11.7 Å². The van der Waals surface area contributed by atoms with Gasteiger partial charge in [-0.3, -0.25) is 9.59 Å². The summed E-state index contributed by atoms with van der Waals surface area (Å²) in [6.45, 7) is 5.42. The van der Waals surface area contributed by atoms with Crippen molar-refractivity contribution in [2.75, 3.05) is 7.05 Å². The van der Waals surface area contributed by atoms with Crippen molar-refractivity contribution < 1.29 is 14.2 Å². The van der Waals surface area contributed by atoms with Crippen molar-refractivity contribution in [2.45, 2.75) is 52.1 Å². The minimum absolute atomic E-state index is 0.0747. The first kappa shape index (κ1) is 27.6. The Hall–Kier alpha value is -4.51. The maximum absolute atomic E-state index is 15.3. The van der Waals surface area contributed by atoms with Crippen LogP contribution in [-0.4, -0.2) is 47.7 Å². The van der Waals surface area contributed by atoms with Gasteiger partial charge in [0.05, 0.1) is 24.6 Å². The number of benzene rings is 1. The lowest BCUT2D eigenvalue weighted by Gasteiger charge is -2.20. The van der Waals surface area contributed by atoms with E-state index in [1.165, 1.54) is 41.6 Å². The van der Waals surface area contributed by atoms with Gasteiger partial charge in [0, 0.05) is 41.9 Å². The number of hydrazone groups is 1. The fraction of sp³-hybridized carbons (Fsp3) is 0.355. The predicted molar refractivity (Wildman–Crippen MR) is 159 cm³/mol. The highest BCUT2D eigenvalue weighted by atomic mass is 19.1. The predicted octanol–water partition coefficient (Wildman–Crippen LogP) is 3.51. The van der Waals surface area contributed by atoms with E-state index in [-0.39, 0.29) is 27.9 Å². The third kappa shape index (κ3) is 4.83. The molecule has 1 aliphatic heterocycles. The van der Waals surface area contributed by atoms with Crippen LogP contribution in [0.3, 0.4) is 0 Å². The number of hydrazine groups is 1. The van der Waals surface area contributed by atoms with Gasteiger partial charge >= 0.3 is 0 Å². The highest BCUT2D eigenvalue weighted by molar-refractivity contribution is 6.06. The van der Waals surface area contributed by atoms with Gasteiger partial charge in [-0.2, -0.15) is 15.2 Å². The standard InChI is InChI=1S/C31H33FN7O3/c1-31(2,3)20-10-18-14-34-39(30(42)27(18)23(32)12-20)28-22(16-40)21(8-9-33-28)19-11-24(29(41)37(4)15-19)35-26-13-25(17-6-7-17)38(5)36-26/h8-12,14-15,17,40H,6-7,13,16H2,1-5H3,(H,35,36)/q+1. The molecule has 4 heterocycles. The van der Waals surface area contributed by atoms with Crippen LogP contribution < -0.4 is 16.5 Å². The molecule has 0 bridgehead atoms. The largest absolute Gasteiger partial charge is 0.392 e. The molecule has 6 rings (SSSR count). The lowest BCUT2D eigenvalue weighted by Crippen LogP contribution is -2.26. The Labute approximate surface area is 241 Å². The monoisotopic (exact) mass is 570 g/mol. The quantitative estimate of drug-likeness (QED) is 0.355. The van der Waals surface area contributed by atoms with Gasteiger partial charge in [-0.1, -0.05) is 20.8 Å². The number of nitrogens with zero attached hydrogens (tertiary/aromatic N) is 6. The van der Waals surface area contributed by atoms with Crippen LogP contribution in [0.2, 0.25) is 0 Å². The van der Waals surface area contributed by atoms with Crippen molar-refractivity contribution in [1.82, 2.24) is 24.8 Å². The van der Waals surface area contributed by atoms with Crippen LogP contribution in [0.15, 0.2) is 57.4 Å². The van der Waals surface area contributed by atoms with Crippen molar-refractivity contribution >= 4 is 28.0 Å². The molecule has 1 aromatic carbocycles. The molecule has 0 atom stereocenters. The summed E-state index contributed by atoms with van der Waals surface area (Å²) < 4.78 is 19.7. The first-order valence-corrected chi connectivity index (χ1v) is 13.9. The number of fused-ring (bicyclic) bond motifs is 1. The van der Waals surface area contributed by atoms with Gasteiger partial charge in [0.25, 0.3) is 11.1 Å². The van der Waals surface area contributed by atoms with Crippen LogP contribution in [0.5, 0.6) is 0 Å². The minimum atomic E-state index is -0.684. The van der Waals surface area contributed by atoms with E-state index in [4.69, 9.17) is 0 Å². The summed E-state index contributed by atoms with van der Waals surface area (Å²) in [5.74, 6) is 0.684. The third-order valence-electron chi connectivity index (χ3n) is 7.95. The summed E-state index contributed by atoms with van der Waals surface area (Å²) in [6, 6.07) is 6.49. The molecule has 3 aromatic heterocycles. The average Bonchev–Trinajstić information content (AvgIpc) is 3.72. The van der Waals surface area contributed by atoms with Crippen molar-refractivity contribution in [1.29, 1.82) is 0 Å². The number of hydrogen-bond donors (Lipinski definition) is 2. The number of nitrogens with one attached hydrogen (secondary N) is 1. The number of amidine groups is 1. The number of aryl methyl sites for hydroxylation is 1. The molecule has 0 saturated heterocycles. The molecule has 4 aromatic rings. The van der Waals surface area contributed by atoms with E-state index in [1.807, 2.05) is 32.5 Å². The van der Waals surface area contributed by atoms with Gasteiger partial charge in [0.2, 0.25) is 0 Å². The number of aliphatic hydroxyl groups excluding tert-OH is 1. The number of rotatable bonds is 5. The molecule has 216 valence electrons. The van der Waals surface area contributed by atoms with Crippen molar-refractivity contribution in [2.24, 2.45) is 18.0 Å². The second-order valence-electron chi connectivity index (χ2n) is 12.1. The van der Waals surface area contributed by atoms with E-state index in [9.17, 15) is 14.7 Å². The Morgan fingerprint density at radius 2 is 1.95 bits per heavy atom. The Bertz CT molecular complexity index is 1950. The fourth-order valence-corrected chi connectivity index (χ4v) is 5.47. The van der Waals surface area contributed by atoms with Gasteiger partial charge in [-0.15, -0.1) is 4.68 Å². The first-order chi connectivity index (χ1) is 20.0. The van der Waals surface area contributed by atoms with E-state index in [0.717, 1.165) is 10.2 Å². The van der Waals surface area contributed by atoms with E-state index >= 15 is 4.39 Å². The SMILES string of the molecule is Cn1cc(-c2ccnc(-n3ncc4cc(C(C)(C)C)cc(F)c4c3=O)c2CO)cc(N=C2CC(C3CC3)=[N+](C)N2)c1=O. The number of aliphatic imine (C=N–C) groups is 1. The lowest BCUT2D eigenvalue weighted by molar-refractivity contribution is -0.538. The maximum atomic E-state index is 15.3. The first-order valence-electron chi connectivity index (χ1n) is 13.9. The van der Waals surface area contributed by atoms with Gasteiger partial charge < -0.3 is 9.67 Å². The number of aliphatic hydroxyl groups is 1. The van der Waals surface area contributed by atoms with Crippen LogP contribution in [0.25, 0.3) is 27.7 Å². The smallest absolute Gasteiger partial charge is 0.283 e. The second kappa shape index (κ2) is 10.1. The molecule has 1 fully saturated rings. The van der Waals surface area contributed by atoms with E-state index in [0.29, 0.717) is 40.3 Å². The average molecular weight is 571 g/mol. The van der Waals surface area contributed by atoms with Crippen molar-refractivity contribution in [3.63, 3.8) is 0 Å². The van der Waals surface area contributed by atoms with Gasteiger partial charge in [-0.05, 0) is 53.6 Å². The molecule has 2 N–H and O–H groups in total. The summed E-state index contributed by atoms with van der Waals surface area (Å²) in [4.78, 5) is 35.6. The molecular formula is C31H33FN7O3+. The van der Waals surface area contributed by atoms with Crippen molar-refractivity contribution in [3.8, 4) is 16.9 Å². The Morgan fingerprint density at radius 1 is 1.19 bits per heavy atom. The normalized spacial score (nSPS) is 16.5. The molecule has 0 unspecified atom stereocenters. The zero-order chi connectivity index (χ0) is 29.9. The summed E-state index contributed by atoms with van der Waals surface area (Å²) >= 11 is 0. The molecule has 1 aliphatic carbocycles. The summed E-state index contributed by atoms with van der Waals surface area (Å²) in [5.41, 5.74) is 5.66. The Balaban J connectivity index is 1.45. The van der Waals surface area contributed by atoms with Crippen molar-refractivity contribution in [3.05, 3.63) is 80.5 Å². The molecule has 0 amide bonds. The second-order valence-corrected chi connectivity index (χ2v) is 12.1. The number of pyridine rings is 2. The maximum Gasteiger partial charge on any atom is 0.283 e. The molecule has 42 heavy (non-hydrogen) atoms. The number of halogens is 1. The number of aromatic nitrogens is 4. The fourth-order valence-electron chi connectivity index (χ4n) is 5.47. The highest BCUT2D eigenvalue weighted by Crippen LogP contribution is 2.33. The topological polar surface area (TPSA) is 117 Å². The molecule has 0 spiro atoms. The van der Waals surface area contributed by atoms with Crippen LogP contribution in [-0.2, 0) is 19.1 Å². The van der Waals surface area contributed by atoms with Crippen LogP contribution >= 0.6 is 0 Å². The van der Waals surface area contributed by atoms with E-state index < -0.39 is 18.0 Å². The van der Waals surface area contributed by atoms with Gasteiger partial charge in [0.1, 0.15) is 11.5 Å². The Morgan fingerprint density at radius 3 is 2.64 bits per heavy atom. The zero-order valence-electron chi connectivity index (χ0n) is 24.3. The third-order valence-corrected chi connectivity index (χ3v) is 7.95. The van der Waals surface area contributed by atoms with E-state index in [1.54, 1.807) is 31.4 Å². The van der Waals surface area contributed by atoms with Gasteiger partial charge in [0.15, 0.2) is 24.4 Å². The molecule has 11 heteroatoms. The minimum Gasteiger partial charge on any atom is -0.392 e. The molecule has 2 aliphatic rings. The summed E-state index contributed by atoms with van der Waals surface area (Å²) in [5, 5.41) is 15.1. The highest BCUT2D eigenvalue weighted by Gasteiger charge is 2.39. The van der Waals surface area contributed by atoms with Crippen LogP contribution in [0.1, 0.15) is 51.2 Å². The number of hydrogen-bond acceptors (Lipinski definition) is 6. The van der Waals surface area contributed by atoms with Gasteiger partial charge in [-0.25, -0.2) is 14.4 Å². The molecular weight excluding hydrogens is 537 g/mol.